The molecule has 0 bridgehead atoms. The van der Waals surface area contributed by atoms with Gasteiger partial charge in [-0.2, -0.15) is 4.37 Å². The quantitative estimate of drug-likeness (QED) is 0.613. The molecule has 1 aromatic rings. The number of carbonyl (C=O) groups is 1. The number of aromatic nitrogens is 2. The van der Waals surface area contributed by atoms with E-state index in [1.165, 1.54) is 18.6 Å². The minimum absolute atomic E-state index is 0.108. The molecule has 5 nitrogen and oxygen atoms in total. The van der Waals surface area contributed by atoms with E-state index in [0.29, 0.717) is 5.92 Å². The summed E-state index contributed by atoms with van der Waals surface area (Å²) in [6.07, 6.45) is 4.03. The van der Waals surface area contributed by atoms with Crippen LogP contribution in [-0.4, -0.2) is 40.3 Å². The molecule has 0 amide bonds. The summed E-state index contributed by atoms with van der Waals surface area (Å²) in [7, 11) is 1.48. The van der Waals surface area contributed by atoms with Gasteiger partial charge in [0.1, 0.15) is 11.4 Å². The lowest BCUT2D eigenvalue weighted by molar-refractivity contribution is -0.150. The molecule has 21 heavy (non-hydrogen) atoms. The number of ether oxygens (including phenoxy) is 1. The van der Waals surface area contributed by atoms with E-state index in [4.69, 9.17) is 4.74 Å². The lowest BCUT2D eigenvalue weighted by Gasteiger charge is -2.33. The normalized spacial score (nSPS) is 25.2. The van der Waals surface area contributed by atoms with Crippen LogP contribution < -0.4 is 5.32 Å². The van der Waals surface area contributed by atoms with Gasteiger partial charge in [-0.1, -0.05) is 25.1 Å². The standard InChI is InChI=1S/C14H23N3O2S2/c1-4-15-14(12(18)19-3)8-5-6-11(14)7-9-20-13-16-10(2)17-21-13/h11,15H,4-9H2,1-3H3. The van der Waals surface area contributed by atoms with Gasteiger partial charge in [-0.15, -0.1) is 0 Å². The first-order valence-electron chi connectivity index (χ1n) is 7.39. The Morgan fingerprint density at radius 1 is 1.62 bits per heavy atom. The molecule has 2 atom stereocenters. The van der Waals surface area contributed by atoms with E-state index in [-0.39, 0.29) is 5.97 Å². The van der Waals surface area contributed by atoms with Crippen molar-refractivity contribution < 1.29 is 9.53 Å². The second-order valence-corrected chi connectivity index (χ2v) is 7.42. The predicted molar refractivity (Wildman–Crippen MR) is 85.8 cm³/mol. The molecule has 0 radical (unpaired) electrons. The molecule has 118 valence electrons. The van der Waals surface area contributed by atoms with Gasteiger partial charge in [0.2, 0.25) is 0 Å². The molecular weight excluding hydrogens is 306 g/mol. The number of thioether (sulfide) groups is 1. The Bertz CT molecular complexity index is 481. The molecule has 0 aromatic carbocycles. The van der Waals surface area contributed by atoms with Crippen molar-refractivity contribution in [2.24, 2.45) is 5.92 Å². The van der Waals surface area contributed by atoms with Gasteiger partial charge in [-0.25, -0.2) is 4.98 Å². The van der Waals surface area contributed by atoms with Crippen molar-refractivity contribution in [3.8, 4) is 0 Å². The zero-order valence-electron chi connectivity index (χ0n) is 12.8. The number of hydrogen-bond acceptors (Lipinski definition) is 7. The highest BCUT2D eigenvalue weighted by atomic mass is 32.2. The summed E-state index contributed by atoms with van der Waals surface area (Å²) in [5.41, 5.74) is -0.485. The van der Waals surface area contributed by atoms with Crippen molar-refractivity contribution in [1.29, 1.82) is 0 Å². The molecule has 0 spiro atoms. The number of likely N-dealkylation sites (N-methyl/N-ethyl adjacent to an activating group) is 1. The van der Waals surface area contributed by atoms with Crippen LogP contribution in [0, 0.1) is 12.8 Å². The molecule has 1 aliphatic rings. The van der Waals surface area contributed by atoms with E-state index < -0.39 is 5.54 Å². The number of rotatable bonds is 7. The lowest BCUT2D eigenvalue weighted by atomic mass is 9.85. The zero-order chi connectivity index (χ0) is 15.3. The zero-order valence-corrected chi connectivity index (χ0v) is 14.5. The molecule has 1 N–H and O–H groups in total. The maximum atomic E-state index is 12.3. The first kappa shape index (κ1) is 16.7. The van der Waals surface area contributed by atoms with Crippen molar-refractivity contribution in [3.63, 3.8) is 0 Å². The molecule has 7 heteroatoms. The topological polar surface area (TPSA) is 64.1 Å². The second kappa shape index (κ2) is 7.56. The fraction of sp³-hybridized carbons (Fsp3) is 0.786. The summed E-state index contributed by atoms with van der Waals surface area (Å²) in [6, 6.07) is 0. The Morgan fingerprint density at radius 2 is 2.43 bits per heavy atom. The van der Waals surface area contributed by atoms with Crippen LogP contribution in [0.4, 0.5) is 0 Å². The predicted octanol–water partition coefficient (Wildman–Crippen LogP) is 2.65. The molecule has 1 saturated carbocycles. The Balaban J connectivity index is 1.95. The van der Waals surface area contributed by atoms with E-state index in [1.54, 1.807) is 11.8 Å². The largest absolute Gasteiger partial charge is 0.468 e. The van der Waals surface area contributed by atoms with Crippen molar-refractivity contribution >= 4 is 29.3 Å². The third-order valence-electron chi connectivity index (χ3n) is 4.06. The van der Waals surface area contributed by atoms with Crippen LogP contribution in [0.15, 0.2) is 4.34 Å². The van der Waals surface area contributed by atoms with Crippen molar-refractivity contribution in [1.82, 2.24) is 14.7 Å². The summed E-state index contributed by atoms with van der Waals surface area (Å²) in [4.78, 5) is 16.6. The molecule has 1 heterocycles. The van der Waals surface area contributed by atoms with E-state index in [2.05, 4.69) is 14.7 Å². The summed E-state index contributed by atoms with van der Waals surface area (Å²) in [5, 5.41) is 3.40. The Hall–Kier alpha value is -0.660. The third-order valence-corrected chi connectivity index (χ3v) is 6.02. The van der Waals surface area contributed by atoms with E-state index in [9.17, 15) is 4.79 Å². The van der Waals surface area contributed by atoms with Crippen LogP contribution in [0.25, 0.3) is 0 Å². The van der Waals surface area contributed by atoms with E-state index >= 15 is 0 Å². The third kappa shape index (κ3) is 3.76. The van der Waals surface area contributed by atoms with Gasteiger partial charge in [0, 0.05) is 5.75 Å². The summed E-state index contributed by atoms with van der Waals surface area (Å²) < 4.78 is 10.3. The maximum Gasteiger partial charge on any atom is 0.326 e. The van der Waals surface area contributed by atoms with Crippen LogP contribution in [0.3, 0.4) is 0 Å². The molecule has 1 aliphatic carbocycles. The summed E-state index contributed by atoms with van der Waals surface area (Å²) >= 11 is 3.18. The number of nitrogens with zero attached hydrogens (tertiary/aromatic N) is 2. The highest BCUT2D eigenvalue weighted by molar-refractivity contribution is 8.00. The highest BCUT2D eigenvalue weighted by Gasteiger charge is 2.48. The highest BCUT2D eigenvalue weighted by Crippen LogP contribution is 2.40. The monoisotopic (exact) mass is 329 g/mol. The van der Waals surface area contributed by atoms with E-state index in [1.807, 2.05) is 13.8 Å². The van der Waals surface area contributed by atoms with Crippen LogP contribution in [0.5, 0.6) is 0 Å². The second-order valence-electron chi connectivity index (χ2n) is 5.33. The fourth-order valence-electron chi connectivity index (χ4n) is 3.16. The average Bonchev–Trinajstić information content (AvgIpc) is 3.06. The number of nitrogens with one attached hydrogen (secondary N) is 1. The Morgan fingerprint density at radius 3 is 3.05 bits per heavy atom. The number of esters is 1. The minimum atomic E-state index is -0.485. The fourth-order valence-corrected chi connectivity index (χ4v) is 4.94. The molecule has 2 unspecified atom stereocenters. The molecule has 0 aliphatic heterocycles. The van der Waals surface area contributed by atoms with Crippen molar-refractivity contribution in [2.45, 2.75) is 49.4 Å². The molecule has 2 rings (SSSR count). The summed E-state index contributed by atoms with van der Waals surface area (Å²) in [6.45, 7) is 4.73. The van der Waals surface area contributed by atoms with Gasteiger partial charge in [0.25, 0.3) is 0 Å². The smallest absolute Gasteiger partial charge is 0.326 e. The molecule has 0 saturated heterocycles. The van der Waals surface area contributed by atoms with Crippen LogP contribution in [-0.2, 0) is 9.53 Å². The Labute approximate surface area is 134 Å². The van der Waals surface area contributed by atoms with Crippen molar-refractivity contribution in [3.05, 3.63) is 5.82 Å². The van der Waals surface area contributed by atoms with Gasteiger partial charge in [0.15, 0.2) is 4.34 Å². The maximum absolute atomic E-state index is 12.3. The first-order valence-corrected chi connectivity index (χ1v) is 9.15. The summed E-state index contributed by atoms with van der Waals surface area (Å²) in [5.74, 6) is 2.03. The number of carbonyl (C=O) groups excluding carboxylic acids is 1. The SMILES string of the molecule is CCNC1(C(=O)OC)CCCC1CCSc1nc(C)ns1. The van der Waals surface area contributed by atoms with Gasteiger partial charge < -0.3 is 10.1 Å². The van der Waals surface area contributed by atoms with Gasteiger partial charge >= 0.3 is 5.97 Å². The van der Waals surface area contributed by atoms with Crippen LogP contribution in [0.2, 0.25) is 0 Å². The number of methoxy groups -OCH3 is 1. The average molecular weight is 329 g/mol. The first-order chi connectivity index (χ1) is 10.1. The minimum Gasteiger partial charge on any atom is -0.468 e. The van der Waals surface area contributed by atoms with Crippen LogP contribution in [0.1, 0.15) is 38.4 Å². The van der Waals surface area contributed by atoms with E-state index in [0.717, 1.165) is 48.1 Å². The molecule has 1 fully saturated rings. The van der Waals surface area contributed by atoms with Gasteiger partial charge in [-0.05, 0) is 50.2 Å². The lowest BCUT2D eigenvalue weighted by Crippen LogP contribution is -2.55. The van der Waals surface area contributed by atoms with Crippen molar-refractivity contribution in [2.75, 3.05) is 19.4 Å². The molecule has 1 aromatic heterocycles. The van der Waals surface area contributed by atoms with Crippen LogP contribution >= 0.6 is 23.3 Å². The van der Waals surface area contributed by atoms with Gasteiger partial charge in [0.05, 0.1) is 7.11 Å². The van der Waals surface area contributed by atoms with Gasteiger partial charge in [-0.3, -0.25) is 4.79 Å². The Kier molecular flexibility index (Phi) is 6.01. The number of hydrogen-bond donors (Lipinski definition) is 1. The number of aryl methyl sites for hydroxylation is 1. The molecular formula is C14H23N3O2S2.